The number of aromatic nitrogens is 1. The van der Waals surface area contributed by atoms with Crippen molar-refractivity contribution in [2.75, 3.05) is 20.3 Å². The highest BCUT2D eigenvalue weighted by Gasteiger charge is 2.05. The maximum Gasteiger partial charge on any atom is 0.144 e. The minimum atomic E-state index is 0.506. The van der Waals surface area contributed by atoms with Gasteiger partial charge in [-0.25, -0.2) is 5.84 Å². The van der Waals surface area contributed by atoms with Crippen molar-refractivity contribution in [2.45, 2.75) is 0 Å². The molecule has 6 heteroatoms. The normalized spacial score (nSPS) is 11.5. The molecule has 3 N–H and O–H groups in total. The standard InChI is InChI=1S/C9H13ClN4O/c1-15-5-4-13-9(14-11)7-2-3-12-6-8(7)10/h2-3,6H,4-5,11H2,1H3,(H,13,14). The van der Waals surface area contributed by atoms with Gasteiger partial charge in [0.2, 0.25) is 0 Å². The maximum atomic E-state index is 5.94. The Hall–Kier alpha value is -1.17. The number of hydrogen-bond acceptors (Lipinski definition) is 4. The van der Waals surface area contributed by atoms with Crippen LogP contribution < -0.4 is 11.3 Å². The Bertz CT molecular complexity index is 343. The number of ether oxygens (including phenoxy) is 1. The van der Waals surface area contributed by atoms with Crippen molar-refractivity contribution >= 4 is 17.4 Å². The molecule has 0 fully saturated rings. The molecule has 1 rings (SSSR count). The lowest BCUT2D eigenvalue weighted by atomic mass is 10.2. The van der Waals surface area contributed by atoms with E-state index < -0.39 is 0 Å². The van der Waals surface area contributed by atoms with Crippen LogP contribution in [0.2, 0.25) is 5.02 Å². The third kappa shape index (κ3) is 3.47. The number of hydrogen-bond donors (Lipinski definition) is 2. The molecule has 0 radical (unpaired) electrons. The summed E-state index contributed by atoms with van der Waals surface area (Å²) < 4.78 is 4.88. The van der Waals surface area contributed by atoms with Crippen molar-refractivity contribution in [3.63, 3.8) is 0 Å². The Morgan fingerprint density at radius 2 is 2.53 bits per heavy atom. The second kappa shape index (κ2) is 6.34. The molecule has 0 spiro atoms. The maximum absolute atomic E-state index is 5.94. The molecule has 1 heterocycles. The van der Waals surface area contributed by atoms with Gasteiger partial charge in [0.15, 0.2) is 0 Å². The van der Waals surface area contributed by atoms with Crippen molar-refractivity contribution in [1.29, 1.82) is 0 Å². The average molecular weight is 229 g/mol. The molecule has 1 aromatic heterocycles. The van der Waals surface area contributed by atoms with Crippen molar-refractivity contribution in [3.05, 3.63) is 29.0 Å². The molecule has 0 aliphatic carbocycles. The lowest BCUT2D eigenvalue weighted by molar-refractivity contribution is 0.208. The fraction of sp³-hybridized carbons (Fsp3) is 0.333. The van der Waals surface area contributed by atoms with Crippen LogP contribution in [0.3, 0.4) is 0 Å². The Kier molecular flexibility index (Phi) is 5.03. The van der Waals surface area contributed by atoms with Gasteiger partial charge in [-0.1, -0.05) is 11.6 Å². The summed E-state index contributed by atoms with van der Waals surface area (Å²) >= 11 is 5.94. The minimum Gasteiger partial charge on any atom is -0.383 e. The van der Waals surface area contributed by atoms with Gasteiger partial charge in [-0.15, -0.1) is 0 Å². The number of nitrogens with zero attached hydrogens (tertiary/aromatic N) is 2. The van der Waals surface area contributed by atoms with Gasteiger partial charge in [0.25, 0.3) is 0 Å². The lowest BCUT2D eigenvalue weighted by Crippen LogP contribution is -2.31. The summed E-state index contributed by atoms with van der Waals surface area (Å²) in [4.78, 5) is 8.08. The van der Waals surface area contributed by atoms with E-state index in [4.69, 9.17) is 22.2 Å². The summed E-state index contributed by atoms with van der Waals surface area (Å²) in [7, 11) is 1.62. The molecule has 0 atom stereocenters. The first-order valence-electron chi connectivity index (χ1n) is 4.39. The molecule has 1 aromatic rings. The van der Waals surface area contributed by atoms with Gasteiger partial charge >= 0.3 is 0 Å². The second-order valence-corrected chi connectivity index (χ2v) is 3.13. The van der Waals surface area contributed by atoms with E-state index in [1.165, 1.54) is 0 Å². The molecule has 0 amide bonds. The van der Waals surface area contributed by atoms with Gasteiger partial charge in [-0.05, 0) is 6.07 Å². The summed E-state index contributed by atoms with van der Waals surface area (Å²) in [6.45, 7) is 1.06. The van der Waals surface area contributed by atoms with E-state index in [1.54, 1.807) is 25.6 Å². The molecule has 5 nitrogen and oxygen atoms in total. The summed E-state index contributed by atoms with van der Waals surface area (Å²) in [5, 5.41) is 0.506. The Morgan fingerprint density at radius 1 is 1.73 bits per heavy atom. The van der Waals surface area contributed by atoms with E-state index in [9.17, 15) is 0 Å². The smallest absolute Gasteiger partial charge is 0.144 e. The SMILES string of the molecule is COCCN=C(NN)c1ccncc1Cl. The summed E-state index contributed by atoms with van der Waals surface area (Å²) in [5.74, 6) is 5.88. The molecule has 0 bridgehead atoms. The number of aliphatic imine (C=N–C) groups is 1. The number of rotatable bonds is 4. The number of pyridine rings is 1. The predicted molar refractivity (Wildman–Crippen MR) is 59.9 cm³/mol. The van der Waals surface area contributed by atoms with E-state index in [2.05, 4.69) is 15.4 Å². The summed E-state index contributed by atoms with van der Waals surface area (Å²) in [5.41, 5.74) is 3.23. The number of hydrazine groups is 1. The Labute approximate surface area is 93.3 Å². The van der Waals surface area contributed by atoms with Crippen LogP contribution in [-0.2, 0) is 4.74 Å². The van der Waals surface area contributed by atoms with Gasteiger partial charge < -0.3 is 10.2 Å². The predicted octanol–water partition coefficient (Wildman–Crippen LogP) is 0.591. The molecule has 0 aromatic carbocycles. The van der Waals surface area contributed by atoms with Crippen molar-refractivity contribution in [1.82, 2.24) is 10.4 Å². The number of halogens is 1. The van der Waals surface area contributed by atoms with Gasteiger partial charge in [0, 0.05) is 25.1 Å². The van der Waals surface area contributed by atoms with E-state index in [0.29, 0.717) is 24.0 Å². The first kappa shape index (κ1) is 11.9. The van der Waals surface area contributed by atoms with Gasteiger partial charge in [-0.3, -0.25) is 9.98 Å². The second-order valence-electron chi connectivity index (χ2n) is 2.72. The molecule has 0 saturated heterocycles. The van der Waals surface area contributed by atoms with Crippen molar-refractivity contribution in [3.8, 4) is 0 Å². The third-order valence-corrected chi connectivity index (χ3v) is 2.03. The molecule has 82 valence electrons. The monoisotopic (exact) mass is 228 g/mol. The minimum absolute atomic E-state index is 0.506. The van der Waals surface area contributed by atoms with Crippen LogP contribution in [0.15, 0.2) is 23.5 Å². The zero-order valence-electron chi connectivity index (χ0n) is 8.40. The number of nitrogens with one attached hydrogen (secondary N) is 1. The van der Waals surface area contributed by atoms with Crippen LogP contribution in [0.25, 0.3) is 0 Å². The van der Waals surface area contributed by atoms with Crippen LogP contribution in [0.5, 0.6) is 0 Å². The van der Waals surface area contributed by atoms with E-state index in [1.807, 2.05) is 0 Å². The molecule has 0 unspecified atom stereocenters. The van der Waals surface area contributed by atoms with Crippen LogP contribution in [-0.4, -0.2) is 31.1 Å². The fourth-order valence-corrected chi connectivity index (χ4v) is 1.23. The molecule has 15 heavy (non-hydrogen) atoms. The van der Waals surface area contributed by atoms with Crippen LogP contribution in [0.1, 0.15) is 5.56 Å². The molecular formula is C9H13ClN4O. The van der Waals surface area contributed by atoms with Gasteiger partial charge in [0.1, 0.15) is 5.84 Å². The number of amidine groups is 1. The summed E-state index contributed by atoms with van der Waals surface area (Å²) in [6.07, 6.45) is 3.17. The Morgan fingerprint density at radius 3 is 3.13 bits per heavy atom. The molecule has 0 saturated carbocycles. The zero-order chi connectivity index (χ0) is 11.1. The fourth-order valence-electron chi connectivity index (χ4n) is 1.02. The molecule has 0 aliphatic heterocycles. The highest BCUT2D eigenvalue weighted by molar-refractivity contribution is 6.33. The van der Waals surface area contributed by atoms with Crippen molar-refractivity contribution < 1.29 is 4.74 Å². The van der Waals surface area contributed by atoms with Crippen molar-refractivity contribution in [2.24, 2.45) is 10.8 Å². The van der Waals surface area contributed by atoms with Crippen LogP contribution >= 0.6 is 11.6 Å². The van der Waals surface area contributed by atoms with E-state index >= 15 is 0 Å². The zero-order valence-corrected chi connectivity index (χ0v) is 9.16. The first-order valence-corrected chi connectivity index (χ1v) is 4.77. The lowest BCUT2D eigenvalue weighted by Gasteiger charge is -2.06. The van der Waals surface area contributed by atoms with Gasteiger partial charge in [0.05, 0.1) is 18.2 Å². The molecule has 0 aliphatic rings. The largest absolute Gasteiger partial charge is 0.383 e. The molecular weight excluding hydrogens is 216 g/mol. The average Bonchev–Trinajstić information content (AvgIpc) is 2.26. The van der Waals surface area contributed by atoms with Crippen LogP contribution in [0.4, 0.5) is 0 Å². The highest BCUT2D eigenvalue weighted by atomic mass is 35.5. The van der Waals surface area contributed by atoms with E-state index in [0.717, 1.165) is 5.56 Å². The first-order chi connectivity index (χ1) is 7.29. The third-order valence-electron chi connectivity index (χ3n) is 1.73. The Balaban J connectivity index is 2.83. The topological polar surface area (TPSA) is 72.5 Å². The van der Waals surface area contributed by atoms with Gasteiger partial charge in [-0.2, -0.15) is 0 Å². The number of nitrogens with two attached hydrogens (primary N) is 1. The summed E-state index contributed by atoms with van der Waals surface area (Å²) in [6, 6.07) is 1.74. The van der Waals surface area contributed by atoms with Crippen LogP contribution in [0, 0.1) is 0 Å². The highest BCUT2D eigenvalue weighted by Crippen LogP contribution is 2.13. The van der Waals surface area contributed by atoms with E-state index in [-0.39, 0.29) is 0 Å². The quantitative estimate of drug-likeness (QED) is 0.260. The number of methoxy groups -OCH3 is 1.